The molecule has 0 aromatic carbocycles. The van der Waals surface area contributed by atoms with E-state index in [1.807, 2.05) is 13.8 Å². The van der Waals surface area contributed by atoms with Crippen molar-refractivity contribution in [3.63, 3.8) is 0 Å². The normalized spacial score (nSPS) is 13.6. The largest absolute Gasteiger partial charge is 0.480 e. The van der Waals surface area contributed by atoms with Crippen molar-refractivity contribution >= 4 is 11.9 Å². The maximum Gasteiger partial charge on any atom is 0.326 e. The standard InChI is InChI=1S/C20H39NO4/c1-4-5-6-7-8-9-10-11-12-13-17(22)15-19(23)21-18(20(24)25)14-16(2)3/h16-18,22H,4-15H2,1-3H3,(H,21,23)(H,24,25)/t17?,18-/m0/s1. The first-order chi connectivity index (χ1) is 11.9. The van der Waals surface area contributed by atoms with E-state index in [1.54, 1.807) is 0 Å². The molecule has 1 amide bonds. The number of aliphatic hydroxyl groups is 1. The SMILES string of the molecule is CCCCCCCCCCCC(O)CC(=O)N[C@@H](CC(C)C)C(=O)O. The van der Waals surface area contributed by atoms with Gasteiger partial charge < -0.3 is 15.5 Å². The number of carboxylic acids is 1. The summed E-state index contributed by atoms with van der Waals surface area (Å²) >= 11 is 0. The molecule has 5 heteroatoms. The number of aliphatic carboxylic acids is 1. The van der Waals surface area contributed by atoms with Crippen molar-refractivity contribution in [1.82, 2.24) is 5.32 Å². The molecule has 0 saturated heterocycles. The number of carboxylic acid groups (broad SMARTS) is 1. The minimum absolute atomic E-state index is 0.0150. The third-order valence-corrected chi connectivity index (χ3v) is 4.40. The lowest BCUT2D eigenvalue weighted by molar-refractivity contribution is -0.142. The van der Waals surface area contributed by atoms with Crippen molar-refractivity contribution in [2.75, 3.05) is 0 Å². The molecule has 0 spiro atoms. The summed E-state index contributed by atoms with van der Waals surface area (Å²) in [4.78, 5) is 23.0. The molecular weight excluding hydrogens is 318 g/mol. The molecule has 5 nitrogen and oxygen atoms in total. The molecule has 25 heavy (non-hydrogen) atoms. The van der Waals surface area contributed by atoms with Gasteiger partial charge in [-0.05, 0) is 18.8 Å². The van der Waals surface area contributed by atoms with Gasteiger partial charge in [0, 0.05) is 0 Å². The van der Waals surface area contributed by atoms with Crippen LogP contribution in [0.1, 0.15) is 97.8 Å². The highest BCUT2D eigenvalue weighted by molar-refractivity contribution is 5.83. The molecule has 0 radical (unpaired) electrons. The average molecular weight is 358 g/mol. The van der Waals surface area contributed by atoms with Gasteiger partial charge in [-0.15, -0.1) is 0 Å². The summed E-state index contributed by atoms with van der Waals surface area (Å²) in [5.41, 5.74) is 0. The molecule has 0 saturated carbocycles. The van der Waals surface area contributed by atoms with Crippen LogP contribution in [-0.2, 0) is 9.59 Å². The number of aliphatic hydroxyl groups excluding tert-OH is 1. The zero-order chi connectivity index (χ0) is 19.1. The quantitative estimate of drug-likeness (QED) is 0.360. The third-order valence-electron chi connectivity index (χ3n) is 4.40. The van der Waals surface area contributed by atoms with E-state index < -0.39 is 18.1 Å². The summed E-state index contributed by atoms with van der Waals surface area (Å²) in [7, 11) is 0. The Kier molecular flexibility index (Phi) is 14.5. The van der Waals surface area contributed by atoms with E-state index in [9.17, 15) is 14.7 Å². The van der Waals surface area contributed by atoms with E-state index in [0.29, 0.717) is 12.8 Å². The Bertz CT molecular complexity index is 358. The summed E-state index contributed by atoms with van der Waals surface area (Å²) in [6.07, 6.45) is 11.3. The molecule has 0 rings (SSSR count). The number of amides is 1. The molecular formula is C20H39NO4. The predicted molar refractivity (Wildman–Crippen MR) is 101 cm³/mol. The Morgan fingerprint density at radius 2 is 1.44 bits per heavy atom. The summed E-state index contributed by atoms with van der Waals surface area (Å²) in [6.45, 7) is 6.05. The second-order valence-electron chi connectivity index (χ2n) is 7.56. The van der Waals surface area contributed by atoms with Crippen LogP contribution < -0.4 is 5.32 Å². The third kappa shape index (κ3) is 14.9. The van der Waals surface area contributed by atoms with Gasteiger partial charge >= 0.3 is 5.97 Å². The molecule has 0 aliphatic carbocycles. The molecule has 148 valence electrons. The van der Waals surface area contributed by atoms with Gasteiger partial charge in [0.25, 0.3) is 0 Å². The Hall–Kier alpha value is -1.10. The molecule has 2 atom stereocenters. The summed E-state index contributed by atoms with van der Waals surface area (Å²) in [6, 6.07) is -0.868. The number of hydrogen-bond donors (Lipinski definition) is 3. The summed E-state index contributed by atoms with van der Waals surface area (Å²) in [5.74, 6) is -1.21. The van der Waals surface area contributed by atoms with Gasteiger partial charge in [0.15, 0.2) is 0 Å². The van der Waals surface area contributed by atoms with Gasteiger partial charge in [0.2, 0.25) is 5.91 Å². The second kappa shape index (κ2) is 15.2. The van der Waals surface area contributed by atoms with Crippen molar-refractivity contribution < 1.29 is 19.8 Å². The van der Waals surface area contributed by atoms with E-state index in [0.717, 1.165) is 12.8 Å². The Balaban J connectivity index is 3.74. The topological polar surface area (TPSA) is 86.6 Å². The lowest BCUT2D eigenvalue weighted by atomic mass is 10.0. The number of hydrogen-bond acceptors (Lipinski definition) is 3. The first-order valence-corrected chi connectivity index (χ1v) is 10.1. The predicted octanol–water partition coefficient (Wildman–Crippen LogP) is 4.27. The summed E-state index contributed by atoms with van der Waals surface area (Å²) < 4.78 is 0. The second-order valence-corrected chi connectivity index (χ2v) is 7.56. The monoisotopic (exact) mass is 357 g/mol. The van der Waals surface area contributed by atoms with Crippen molar-refractivity contribution in [1.29, 1.82) is 0 Å². The average Bonchev–Trinajstić information content (AvgIpc) is 2.52. The molecule has 0 aliphatic heterocycles. The highest BCUT2D eigenvalue weighted by Gasteiger charge is 2.22. The van der Waals surface area contributed by atoms with Crippen LogP contribution in [0.4, 0.5) is 0 Å². The zero-order valence-corrected chi connectivity index (χ0v) is 16.4. The Morgan fingerprint density at radius 3 is 1.92 bits per heavy atom. The van der Waals surface area contributed by atoms with E-state index >= 15 is 0 Å². The highest BCUT2D eigenvalue weighted by atomic mass is 16.4. The van der Waals surface area contributed by atoms with Crippen molar-refractivity contribution in [2.45, 2.75) is 110 Å². The molecule has 0 heterocycles. The van der Waals surface area contributed by atoms with Crippen LogP contribution in [0.15, 0.2) is 0 Å². The lowest BCUT2D eigenvalue weighted by Crippen LogP contribution is -2.42. The molecule has 0 aromatic heterocycles. The smallest absolute Gasteiger partial charge is 0.326 e. The maximum absolute atomic E-state index is 11.9. The number of carbonyl (C=O) groups is 2. The van der Waals surface area contributed by atoms with Crippen molar-refractivity contribution in [3.8, 4) is 0 Å². The van der Waals surface area contributed by atoms with Crippen LogP contribution >= 0.6 is 0 Å². The van der Waals surface area contributed by atoms with Gasteiger partial charge in [0.1, 0.15) is 6.04 Å². The number of unbranched alkanes of at least 4 members (excludes halogenated alkanes) is 8. The summed E-state index contributed by atoms with van der Waals surface area (Å²) in [5, 5.41) is 21.6. The highest BCUT2D eigenvalue weighted by Crippen LogP contribution is 2.12. The van der Waals surface area contributed by atoms with Crippen LogP contribution in [-0.4, -0.2) is 34.2 Å². The fraction of sp³-hybridized carbons (Fsp3) is 0.900. The van der Waals surface area contributed by atoms with Crippen LogP contribution in [0.25, 0.3) is 0 Å². The molecule has 0 fully saturated rings. The minimum Gasteiger partial charge on any atom is -0.480 e. The first-order valence-electron chi connectivity index (χ1n) is 10.1. The van der Waals surface area contributed by atoms with Crippen LogP contribution in [0.3, 0.4) is 0 Å². The zero-order valence-electron chi connectivity index (χ0n) is 16.4. The van der Waals surface area contributed by atoms with E-state index in [4.69, 9.17) is 5.11 Å². The molecule has 0 aromatic rings. The molecule has 3 N–H and O–H groups in total. The fourth-order valence-electron chi connectivity index (χ4n) is 2.95. The molecule has 0 aliphatic rings. The molecule has 1 unspecified atom stereocenters. The van der Waals surface area contributed by atoms with E-state index in [1.165, 1.54) is 44.9 Å². The van der Waals surface area contributed by atoms with Crippen LogP contribution in [0.2, 0.25) is 0 Å². The number of carbonyl (C=O) groups excluding carboxylic acids is 1. The minimum atomic E-state index is -1.02. The van der Waals surface area contributed by atoms with Gasteiger partial charge in [-0.2, -0.15) is 0 Å². The van der Waals surface area contributed by atoms with Crippen LogP contribution in [0.5, 0.6) is 0 Å². The van der Waals surface area contributed by atoms with Gasteiger partial charge in [-0.3, -0.25) is 4.79 Å². The fourth-order valence-corrected chi connectivity index (χ4v) is 2.95. The van der Waals surface area contributed by atoms with E-state index in [2.05, 4.69) is 12.2 Å². The van der Waals surface area contributed by atoms with Crippen molar-refractivity contribution in [3.05, 3.63) is 0 Å². The lowest BCUT2D eigenvalue weighted by Gasteiger charge is -2.17. The number of rotatable bonds is 16. The van der Waals surface area contributed by atoms with Gasteiger partial charge in [-0.1, -0.05) is 78.6 Å². The van der Waals surface area contributed by atoms with Gasteiger partial charge in [-0.25, -0.2) is 4.79 Å². The maximum atomic E-state index is 11.9. The Labute approximate surface area is 153 Å². The first kappa shape index (κ1) is 23.9. The molecule has 0 bridgehead atoms. The van der Waals surface area contributed by atoms with Crippen LogP contribution in [0, 0.1) is 5.92 Å². The van der Waals surface area contributed by atoms with Crippen molar-refractivity contribution in [2.24, 2.45) is 5.92 Å². The van der Waals surface area contributed by atoms with E-state index in [-0.39, 0.29) is 18.2 Å². The Morgan fingerprint density at radius 1 is 0.920 bits per heavy atom. The number of nitrogens with one attached hydrogen (secondary N) is 1. The van der Waals surface area contributed by atoms with Gasteiger partial charge in [0.05, 0.1) is 12.5 Å².